The Balaban J connectivity index is 2.31. The summed E-state index contributed by atoms with van der Waals surface area (Å²) in [6.07, 6.45) is 5.22. The van der Waals surface area contributed by atoms with Gasteiger partial charge in [-0.05, 0) is 11.5 Å². The van der Waals surface area contributed by atoms with Gasteiger partial charge in [-0.2, -0.15) is 5.10 Å². The zero-order valence-electron chi connectivity index (χ0n) is 10.5. The first-order valence-corrected chi connectivity index (χ1v) is 5.78. The van der Waals surface area contributed by atoms with Gasteiger partial charge in [-0.25, -0.2) is 9.50 Å². The van der Waals surface area contributed by atoms with E-state index in [1.807, 2.05) is 6.20 Å². The Morgan fingerprint density at radius 2 is 2.11 bits per heavy atom. The van der Waals surface area contributed by atoms with Crippen molar-refractivity contribution in [1.29, 1.82) is 0 Å². The second-order valence-electron chi connectivity index (χ2n) is 4.48. The summed E-state index contributed by atoms with van der Waals surface area (Å²) in [5, 5.41) is 12.1. The number of aromatic nitrogens is 5. The van der Waals surface area contributed by atoms with Crippen molar-refractivity contribution in [2.24, 2.45) is 0 Å². The summed E-state index contributed by atoms with van der Waals surface area (Å²) in [7, 11) is 0. The Morgan fingerprint density at radius 1 is 1.28 bits per heavy atom. The fourth-order valence-electron chi connectivity index (χ4n) is 2.12. The molecule has 0 atom stereocenters. The van der Waals surface area contributed by atoms with E-state index in [9.17, 15) is 0 Å². The van der Waals surface area contributed by atoms with Gasteiger partial charge in [0.1, 0.15) is 6.33 Å². The molecule has 0 aliphatic heterocycles. The van der Waals surface area contributed by atoms with Crippen molar-refractivity contribution in [1.82, 2.24) is 24.8 Å². The van der Waals surface area contributed by atoms with Crippen molar-refractivity contribution in [3.05, 3.63) is 30.2 Å². The third kappa shape index (κ3) is 1.57. The topological polar surface area (TPSA) is 69.1 Å². The molecule has 3 aromatic rings. The predicted molar refractivity (Wildman–Crippen MR) is 65.1 cm³/mol. The second kappa shape index (κ2) is 3.90. The van der Waals surface area contributed by atoms with Gasteiger partial charge >= 0.3 is 0 Å². The molecule has 0 saturated heterocycles. The first kappa shape index (κ1) is 10.9. The van der Waals surface area contributed by atoms with Crippen molar-refractivity contribution < 1.29 is 4.42 Å². The maximum absolute atomic E-state index is 5.51. The summed E-state index contributed by atoms with van der Waals surface area (Å²) in [4.78, 5) is 4.07. The van der Waals surface area contributed by atoms with Gasteiger partial charge in [-0.3, -0.25) is 0 Å². The Bertz CT molecular complexity index is 697. The maximum atomic E-state index is 5.51. The van der Waals surface area contributed by atoms with E-state index < -0.39 is 0 Å². The molecule has 0 fully saturated rings. The van der Waals surface area contributed by atoms with Gasteiger partial charge in [0.2, 0.25) is 11.8 Å². The van der Waals surface area contributed by atoms with Crippen molar-refractivity contribution >= 4 is 5.52 Å². The van der Waals surface area contributed by atoms with Crippen molar-refractivity contribution in [2.75, 3.05) is 0 Å². The van der Waals surface area contributed by atoms with E-state index in [0.717, 1.165) is 16.6 Å². The molecule has 3 aromatic heterocycles. The van der Waals surface area contributed by atoms with Crippen LogP contribution in [0.15, 0.2) is 23.1 Å². The molecule has 6 nitrogen and oxygen atoms in total. The minimum Gasteiger partial charge on any atom is -0.421 e. The highest BCUT2D eigenvalue weighted by Crippen LogP contribution is 2.32. The Labute approximate surface area is 104 Å². The monoisotopic (exact) mass is 243 g/mol. The summed E-state index contributed by atoms with van der Waals surface area (Å²) in [6.45, 7) is 6.02. The highest BCUT2D eigenvalue weighted by Gasteiger charge is 2.19. The fraction of sp³-hybridized carbons (Fsp3) is 0.333. The molecule has 0 spiro atoms. The van der Waals surface area contributed by atoms with Gasteiger partial charge in [0.15, 0.2) is 0 Å². The van der Waals surface area contributed by atoms with Crippen LogP contribution in [0.25, 0.3) is 17.0 Å². The quantitative estimate of drug-likeness (QED) is 0.690. The average molecular weight is 243 g/mol. The van der Waals surface area contributed by atoms with E-state index >= 15 is 0 Å². The van der Waals surface area contributed by atoms with Crippen LogP contribution in [0.3, 0.4) is 0 Å². The van der Waals surface area contributed by atoms with E-state index in [1.54, 1.807) is 17.6 Å². The normalized spacial score (nSPS) is 11.6. The number of nitrogens with zero attached hydrogens (tertiary/aromatic N) is 5. The van der Waals surface area contributed by atoms with Crippen LogP contribution in [-0.4, -0.2) is 24.8 Å². The van der Waals surface area contributed by atoms with Gasteiger partial charge < -0.3 is 4.42 Å². The minimum atomic E-state index is 0.322. The van der Waals surface area contributed by atoms with E-state index in [0.29, 0.717) is 17.7 Å². The molecule has 6 heteroatoms. The van der Waals surface area contributed by atoms with Gasteiger partial charge in [0, 0.05) is 13.1 Å². The van der Waals surface area contributed by atoms with Crippen molar-refractivity contribution in [3.8, 4) is 11.5 Å². The van der Waals surface area contributed by atoms with Crippen LogP contribution in [-0.2, 0) is 0 Å². The third-order valence-electron chi connectivity index (χ3n) is 2.84. The van der Waals surface area contributed by atoms with E-state index in [2.05, 4.69) is 34.1 Å². The zero-order valence-corrected chi connectivity index (χ0v) is 10.5. The number of rotatable bonds is 2. The number of fused-ring (bicyclic) bond motifs is 1. The summed E-state index contributed by atoms with van der Waals surface area (Å²) >= 11 is 0. The summed E-state index contributed by atoms with van der Waals surface area (Å²) < 4.78 is 7.30. The molecule has 0 amide bonds. The molecule has 18 heavy (non-hydrogen) atoms. The van der Waals surface area contributed by atoms with Crippen molar-refractivity contribution in [2.45, 2.75) is 26.7 Å². The summed E-state index contributed by atoms with van der Waals surface area (Å²) in [6, 6.07) is 0. The highest BCUT2D eigenvalue weighted by atomic mass is 16.4. The number of hydrogen-bond acceptors (Lipinski definition) is 5. The molecule has 0 aromatic carbocycles. The molecule has 0 radical (unpaired) electrons. The SMILES string of the molecule is Cc1nnc(-c2cn3ncncc3c2C(C)C)o1. The van der Waals surface area contributed by atoms with Gasteiger partial charge in [-0.1, -0.05) is 13.8 Å². The molecule has 0 bridgehead atoms. The molecule has 0 aliphatic carbocycles. The zero-order chi connectivity index (χ0) is 12.7. The van der Waals surface area contributed by atoms with E-state index in [4.69, 9.17) is 4.42 Å². The van der Waals surface area contributed by atoms with Crippen LogP contribution in [0.4, 0.5) is 0 Å². The molecule has 0 saturated carbocycles. The Kier molecular flexibility index (Phi) is 2.36. The average Bonchev–Trinajstić information content (AvgIpc) is 2.91. The lowest BCUT2D eigenvalue weighted by molar-refractivity contribution is 0.532. The first-order chi connectivity index (χ1) is 8.66. The largest absolute Gasteiger partial charge is 0.421 e. The maximum Gasteiger partial charge on any atom is 0.249 e. The molecular weight excluding hydrogens is 230 g/mol. The lowest BCUT2D eigenvalue weighted by Gasteiger charge is -2.04. The number of hydrogen-bond donors (Lipinski definition) is 0. The molecule has 0 N–H and O–H groups in total. The Morgan fingerprint density at radius 3 is 2.78 bits per heavy atom. The summed E-state index contributed by atoms with van der Waals surface area (Å²) in [5.41, 5.74) is 3.02. The Hall–Kier alpha value is -2.24. The molecule has 0 unspecified atom stereocenters. The van der Waals surface area contributed by atoms with Gasteiger partial charge in [0.25, 0.3) is 0 Å². The van der Waals surface area contributed by atoms with Crippen LogP contribution in [0.1, 0.15) is 31.2 Å². The van der Waals surface area contributed by atoms with Crippen molar-refractivity contribution in [3.63, 3.8) is 0 Å². The van der Waals surface area contributed by atoms with Gasteiger partial charge in [0.05, 0.1) is 17.3 Å². The predicted octanol–water partition coefficient (Wildman–Crippen LogP) is 2.21. The molecule has 3 rings (SSSR count). The summed E-state index contributed by atoms with van der Waals surface area (Å²) in [5.74, 6) is 1.41. The highest BCUT2D eigenvalue weighted by molar-refractivity contribution is 5.72. The lowest BCUT2D eigenvalue weighted by atomic mass is 10.0. The van der Waals surface area contributed by atoms with Crippen LogP contribution in [0.5, 0.6) is 0 Å². The second-order valence-corrected chi connectivity index (χ2v) is 4.48. The molecule has 3 heterocycles. The standard InChI is InChI=1S/C12H13N5O/c1-7(2)11-9(12-16-15-8(3)18-12)5-17-10(11)4-13-6-14-17/h4-7H,1-3H3. The van der Waals surface area contributed by atoms with Gasteiger partial charge in [-0.15, -0.1) is 10.2 Å². The lowest BCUT2D eigenvalue weighted by Crippen LogP contribution is -1.93. The smallest absolute Gasteiger partial charge is 0.249 e. The van der Waals surface area contributed by atoms with Crippen LogP contribution < -0.4 is 0 Å². The van der Waals surface area contributed by atoms with E-state index in [1.165, 1.54) is 6.33 Å². The molecular formula is C12H13N5O. The molecule has 0 aliphatic rings. The third-order valence-corrected chi connectivity index (χ3v) is 2.84. The number of aryl methyl sites for hydroxylation is 1. The molecule has 92 valence electrons. The van der Waals surface area contributed by atoms with Crippen LogP contribution in [0.2, 0.25) is 0 Å². The van der Waals surface area contributed by atoms with Crippen LogP contribution >= 0.6 is 0 Å². The van der Waals surface area contributed by atoms with Crippen LogP contribution in [0, 0.1) is 6.92 Å². The first-order valence-electron chi connectivity index (χ1n) is 5.78. The minimum absolute atomic E-state index is 0.322. The fourth-order valence-corrected chi connectivity index (χ4v) is 2.12. The van der Waals surface area contributed by atoms with E-state index in [-0.39, 0.29) is 0 Å².